The van der Waals surface area contributed by atoms with Gasteiger partial charge in [-0.05, 0) is 25.3 Å². The lowest BCUT2D eigenvalue weighted by Crippen LogP contribution is -2.30. The monoisotopic (exact) mass is 183 g/mol. The van der Waals surface area contributed by atoms with Crippen molar-refractivity contribution in [2.45, 2.75) is 19.3 Å². The molecule has 0 unspecified atom stereocenters. The Balaban J connectivity index is 0.000000845. The molecule has 1 aromatic rings. The Bertz CT molecular complexity index is 234. The van der Waals surface area contributed by atoms with Crippen LogP contribution in [-0.2, 0) is 0 Å². The third-order valence-electron chi connectivity index (χ3n) is 2.19. The Morgan fingerprint density at radius 1 is 1.00 bits per heavy atom. The number of nitrogens with zero attached hydrogens (tertiary/aromatic N) is 3. The van der Waals surface area contributed by atoms with Gasteiger partial charge in [0, 0.05) is 25.5 Å². The van der Waals surface area contributed by atoms with Crippen molar-refractivity contribution in [1.82, 2.24) is 9.97 Å². The fourth-order valence-corrected chi connectivity index (χ4v) is 1.55. The maximum atomic E-state index is 4.22. The fourth-order valence-electron chi connectivity index (χ4n) is 1.55. The first-order valence-electron chi connectivity index (χ1n) is 4.49. The lowest BCUT2D eigenvalue weighted by molar-refractivity contribution is 0.568. The molecule has 0 aliphatic carbocycles. The number of rotatable bonds is 1. The van der Waals surface area contributed by atoms with Crippen molar-refractivity contribution in [2.75, 3.05) is 18.0 Å². The maximum absolute atomic E-state index is 4.22. The predicted molar refractivity (Wildman–Crippen MR) is 50.6 cm³/mol. The number of hydrogen-bond acceptors (Lipinski definition) is 3. The third-order valence-corrected chi connectivity index (χ3v) is 2.19. The summed E-state index contributed by atoms with van der Waals surface area (Å²) in [4.78, 5) is 10.7. The summed E-state index contributed by atoms with van der Waals surface area (Å²) < 4.78 is 0. The molecular formula is C9H14FN3. The van der Waals surface area contributed by atoms with E-state index >= 15 is 0 Å². The average Bonchev–Trinajstić information content (AvgIpc) is 2.21. The first-order chi connectivity index (χ1) is 5.97. The van der Waals surface area contributed by atoms with Crippen LogP contribution in [-0.4, -0.2) is 23.1 Å². The zero-order valence-corrected chi connectivity index (χ0v) is 7.52. The smallest absolute Gasteiger partial charge is 0.225 e. The van der Waals surface area contributed by atoms with Gasteiger partial charge in [0.15, 0.2) is 0 Å². The molecule has 0 aromatic carbocycles. The van der Waals surface area contributed by atoms with Crippen LogP contribution in [0.4, 0.5) is 10.7 Å². The molecule has 3 nitrogen and oxygen atoms in total. The lowest BCUT2D eigenvalue weighted by atomic mass is 10.1. The molecule has 1 aromatic heterocycles. The Hall–Kier alpha value is -1.19. The van der Waals surface area contributed by atoms with Crippen molar-refractivity contribution < 1.29 is 4.70 Å². The van der Waals surface area contributed by atoms with E-state index in [4.69, 9.17) is 0 Å². The lowest BCUT2D eigenvalue weighted by Gasteiger charge is -2.26. The Morgan fingerprint density at radius 2 is 1.62 bits per heavy atom. The summed E-state index contributed by atoms with van der Waals surface area (Å²) in [5, 5.41) is 0. The van der Waals surface area contributed by atoms with Gasteiger partial charge in [-0.3, -0.25) is 4.70 Å². The molecule has 0 amide bonds. The van der Waals surface area contributed by atoms with Gasteiger partial charge in [0.2, 0.25) is 5.95 Å². The van der Waals surface area contributed by atoms with Crippen LogP contribution in [0.15, 0.2) is 18.5 Å². The van der Waals surface area contributed by atoms with E-state index in [-0.39, 0.29) is 4.70 Å². The Labute approximate surface area is 77.2 Å². The van der Waals surface area contributed by atoms with Crippen molar-refractivity contribution >= 4 is 5.95 Å². The summed E-state index contributed by atoms with van der Waals surface area (Å²) >= 11 is 0. The molecule has 72 valence electrons. The van der Waals surface area contributed by atoms with E-state index in [1.165, 1.54) is 19.3 Å². The van der Waals surface area contributed by atoms with Crippen molar-refractivity contribution in [3.63, 3.8) is 0 Å². The van der Waals surface area contributed by atoms with E-state index in [1.54, 1.807) is 12.4 Å². The molecule has 1 saturated heterocycles. The van der Waals surface area contributed by atoms with E-state index in [9.17, 15) is 0 Å². The molecule has 4 heteroatoms. The molecule has 1 aliphatic rings. The second-order valence-electron chi connectivity index (χ2n) is 3.10. The standard InChI is InChI=1S/C9H13N3.FH/c1-2-7-12(8-3-1)9-10-5-4-6-11-9;/h4-6H,1-3,7-8H2;1H. The van der Waals surface area contributed by atoms with Gasteiger partial charge >= 0.3 is 0 Å². The summed E-state index contributed by atoms with van der Waals surface area (Å²) in [6.45, 7) is 2.23. The molecule has 0 saturated carbocycles. The van der Waals surface area contributed by atoms with Gasteiger partial charge < -0.3 is 4.90 Å². The van der Waals surface area contributed by atoms with Crippen molar-refractivity contribution in [2.24, 2.45) is 0 Å². The van der Waals surface area contributed by atoms with Gasteiger partial charge in [0.1, 0.15) is 0 Å². The second-order valence-corrected chi connectivity index (χ2v) is 3.10. The quantitative estimate of drug-likeness (QED) is 0.662. The molecule has 1 fully saturated rings. The van der Waals surface area contributed by atoms with E-state index in [2.05, 4.69) is 14.9 Å². The summed E-state index contributed by atoms with van der Waals surface area (Å²) in [6, 6.07) is 1.85. The van der Waals surface area contributed by atoms with Gasteiger partial charge in [-0.1, -0.05) is 0 Å². The van der Waals surface area contributed by atoms with Gasteiger partial charge in [-0.25, -0.2) is 9.97 Å². The van der Waals surface area contributed by atoms with Crippen molar-refractivity contribution in [3.05, 3.63) is 18.5 Å². The summed E-state index contributed by atoms with van der Waals surface area (Å²) in [5.74, 6) is 0.886. The number of aromatic nitrogens is 2. The zero-order chi connectivity index (χ0) is 8.23. The number of anilines is 1. The Kier molecular flexibility index (Phi) is 3.61. The fraction of sp³-hybridized carbons (Fsp3) is 0.556. The van der Waals surface area contributed by atoms with Crippen LogP contribution < -0.4 is 4.90 Å². The predicted octanol–water partition coefficient (Wildman–Crippen LogP) is 1.62. The van der Waals surface area contributed by atoms with Gasteiger partial charge in [-0.2, -0.15) is 0 Å². The van der Waals surface area contributed by atoms with Crippen LogP contribution in [0, 0.1) is 0 Å². The molecule has 0 bridgehead atoms. The number of halogens is 1. The molecule has 0 N–H and O–H groups in total. The minimum Gasteiger partial charge on any atom is -0.341 e. The minimum atomic E-state index is 0. The van der Waals surface area contributed by atoms with E-state index in [0.717, 1.165) is 19.0 Å². The first-order valence-corrected chi connectivity index (χ1v) is 4.49. The average molecular weight is 183 g/mol. The highest BCUT2D eigenvalue weighted by molar-refractivity contribution is 5.28. The van der Waals surface area contributed by atoms with Crippen molar-refractivity contribution in [1.29, 1.82) is 0 Å². The van der Waals surface area contributed by atoms with Crippen LogP contribution in [0.3, 0.4) is 0 Å². The highest BCUT2D eigenvalue weighted by atomic mass is 19.0. The van der Waals surface area contributed by atoms with E-state index in [0.29, 0.717) is 0 Å². The molecule has 0 atom stereocenters. The molecule has 0 radical (unpaired) electrons. The Morgan fingerprint density at radius 3 is 2.23 bits per heavy atom. The van der Waals surface area contributed by atoms with Crippen LogP contribution in [0.5, 0.6) is 0 Å². The molecule has 13 heavy (non-hydrogen) atoms. The maximum Gasteiger partial charge on any atom is 0.225 e. The van der Waals surface area contributed by atoms with Gasteiger partial charge in [0.25, 0.3) is 0 Å². The third kappa shape index (κ3) is 2.37. The molecule has 2 heterocycles. The highest BCUT2D eigenvalue weighted by Gasteiger charge is 2.11. The highest BCUT2D eigenvalue weighted by Crippen LogP contribution is 2.13. The van der Waals surface area contributed by atoms with Crippen LogP contribution in [0.25, 0.3) is 0 Å². The van der Waals surface area contributed by atoms with Crippen LogP contribution in [0.2, 0.25) is 0 Å². The van der Waals surface area contributed by atoms with Crippen LogP contribution >= 0.6 is 0 Å². The summed E-state index contributed by atoms with van der Waals surface area (Å²) in [6.07, 6.45) is 7.51. The summed E-state index contributed by atoms with van der Waals surface area (Å²) in [5.41, 5.74) is 0. The normalized spacial score (nSPS) is 16.5. The van der Waals surface area contributed by atoms with E-state index in [1.807, 2.05) is 6.07 Å². The number of hydrogen-bond donors (Lipinski definition) is 0. The van der Waals surface area contributed by atoms with Crippen molar-refractivity contribution in [3.8, 4) is 0 Å². The SMILES string of the molecule is F.c1cnc(N2CCCCC2)nc1. The number of piperidine rings is 1. The second kappa shape index (κ2) is 4.74. The minimum absolute atomic E-state index is 0. The topological polar surface area (TPSA) is 29.0 Å². The molecule has 0 spiro atoms. The molecule has 1 aliphatic heterocycles. The van der Waals surface area contributed by atoms with Gasteiger partial charge in [-0.15, -0.1) is 0 Å². The van der Waals surface area contributed by atoms with Crippen LogP contribution in [0.1, 0.15) is 19.3 Å². The molecular weight excluding hydrogens is 169 g/mol. The molecule has 2 rings (SSSR count). The summed E-state index contributed by atoms with van der Waals surface area (Å²) in [7, 11) is 0. The zero-order valence-electron chi connectivity index (χ0n) is 7.52. The van der Waals surface area contributed by atoms with Gasteiger partial charge in [0.05, 0.1) is 0 Å². The largest absolute Gasteiger partial charge is 0.341 e. The van der Waals surface area contributed by atoms with E-state index < -0.39 is 0 Å². The first kappa shape index (κ1) is 9.89.